The van der Waals surface area contributed by atoms with Crippen LogP contribution in [0, 0.1) is 6.92 Å². The van der Waals surface area contributed by atoms with Crippen molar-refractivity contribution >= 4 is 0 Å². The molecule has 0 aliphatic heterocycles. The molecule has 0 aromatic rings. The van der Waals surface area contributed by atoms with Crippen LogP contribution in [0.25, 0.3) is 0 Å². The lowest BCUT2D eigenvalue weighted by Gasteiger charge is -2.03. The molecule has 0 amide bonds. The highest BCUT2D eigenvalue weighted by atomic mass is 14.8. The van der Waals surface area contributed by atoms with E-state index in [1.807, 2.05) is 0 Å². The lowest BCUT2D eigenvalue weighted by Crippen LogP contribution is -2.13. The lowest BCUT2D eigenvalue weighted by atomic mass is 10.1. The first-order chi connectivity index (χ1) is 8.41. The van der Waals surface area contributed by atoms with Crippen LogP contribution < -0.4 is 5.32 Å². The van der Waals surface area contributed by atoms with Crippen molar-refractivity contribution in [1.82, 2.24) is 5.32 Å². The van der Waals surface area contributed by atoms with Crippen molar-refractivity contribution in [3.8, 4) is 0 Å². The van der Waals surface area contributed by atoms with Gasteiger partial charge < -0.3 is 5.32 Å². The van der Waals surface area contributed by atoms with E-state index in [4.69, 9.17) is 0 Å². The number of rotatable bonds is 14. The maximum atomic E-state index is 3.77. The van der Waals surface area contributed by atoms with Gasteiger partial charge in [-0.1, -0.05) is 77.6 Å². The third kappa shape index (κ3) is 16.0. The van der Waals surface area contributed by atoms with E-state index in [2.05, 4.69) is 19.2 Å². The fourth-order valence-corrected chi connectivity index (χ4v) is 2.22. The Hall–Kier alpha value is -0.0400. The molecule has 0 spiro atoms. The smallest absolute Gasteiger partial charge is 0.00484 e. The second kappa shape index (κ2) is 16.0. The van der Waals surface area contributed by atoms with Crippen molar-refractivity contribution < 1.29 is 0 Å². The average Bonchev–Trinajstić information content (AvgIpc) is 2.35. The van der Waals surface area contributed by atoms with Crippen LogP contribution in [-0.2, 0) is 0 Å². The van der Waals surface area contributed by atoms with E-state index in [1.165, 1.54) is 77.0 Å². The molecule has 0 unspecified atom stereocenters. The summed E-state index contributed by atoms with van der Waals surface area (Å²) in [4.78, 5) is 0. The summed E-state index contributed by atoms with van der Waals surface area (Å²) in [6, 6.07) is 0. The van der Waals surface area contributed by atoms with Crippen LogP contribution in [0.1, 0.15) is 84.0 Å². The van der Waals surface area contributed by atoms with Gasteiger partial charge in [0.05, 0.1) is 0 Å². The maximum absolute atomic E-state index is 3.77. The molecular formula is C16H34N. The molecule has 0 bridgehead atoms. The second-order valence-electron chi connectivity index (χ2n) is 5.14. The van der Waals surface area contributed by atoms with Crippen molar-refractivity contribution in [2.75, 3.05) is 13.1 Å². The molecule has 1 N–H and O–H groups in total. The van der Waals surface area contributed by atoms with Crippen LogP contribution in [0.4, 0.5) is 0 Å². The van der Waals surface area contributed by atoms with Gasteiger partial charge in [0.1, 0.15) is 0 Å². The molecule has 0 aromatic heterocycles. The van der Waals surface area contributed by atoms with Gasteiger partial charge in [0, 0.05) is 0 Å². The first kappa shape index (κ1) is 17.0. The molecule has 0 aromatic carbocycles. The Morgan fingerprint density at radius 3 is 1.47 bits per heavy atom. The van der Waals surface area contributed by atoms with Crippen molar-refractivity contribution in [2.24, 2.45) is 0 Å². The van der Waals surface area contributed by atoms with Crippen molar-refractivity contribution in [1.29, 1.82) is 0 Å². The van der Waals surface area contributed by atoms with Gasteiger partial charge in [-0.2, -0.15) is 0 Å². The number of hydrogen-bond acceptors (Lipinski definition) is 1. The van der Waals surface area contributed by atoms with Crippen molar-refractivity contribution in [3.63, 3.8) is 0 Å². The molecule has 1 radical (unpaired) electrons. The molecule has 103 valence electrons. The summed E-state index contributed by atoms with van der Waals surface area (Å²) in [6.45, 7) is 8.08. The number of unbranched alkanes of at least 4 members (excludes halogenated alkanes) is 11. The number of hydrogen-bond donors (Lipinski definition) is 1. The van der Waals surface area contributed by atoms with Gasteiger partial charge in [0.25, 0.3) is 0 Å². The van der Waals surface area contributed by atoms with Gasteiger partial charge in [-0.15, -0.1) is 0 Å². The van der Waals surface area contributed by atoms with Crippen LogP contribution in [0.3, 0.4) is 0 Å². The minimum absolute atomic E-state index is 0.873. The van der Waals surface area contributed by atoms with E-state index in [0.717, 1.165) is 13.1 Å². The van der Waals surface area contributed by atoms with Crippen LogP contribution in [0.15, 0.2) is 0 Å². The Bertz CT molecular complexity index is 109. The van der Waals surface area contributed by atoms with Gasteiger partial charge in [0.15, 0.2) is 0 Å². The van der Waals surface area contributed by atoms with Crippen LogP contribution in [0.5, 0.6) is 0 Å². The molecule has 0 saturated carbocycles. The predicted molar refractivity (Wildman–Crippen MR) is 79.3 cm³/mol. The molecule has 0 fully saturated rings. The predicted octanol–water partition coefficient (Wildman–Crippen LogP) is 5.11. The Morgan fingerprint density at radius 2 is 1.06 bits per heavy atom. The minimum atomic E-state index is 0.873. The average molecular weight is 240 g/mol. The maximum Gasteiger partial charge on any atom is -0.00484 e. The second-order valence-corrected chi connectivity index (χ2v) is 5.14. The third-order valence-electron chi connectivity index (χ3n) is 3.38. The zero-order valence-electron chi connectivity index (χ0n) is 12.1. The van der Waals surface area contributed by atoms with E-state index in [1.54, 1.807) is 0 Å². The first-order valence-electron chi connectivity index (χ1n) is 7.91. The Labute approximate surface area is 110 Å². The third-order valence-corrected chi connectivity index (χ3v) is 3.38. The van der Waals surface area contributed by atoms with Gasteiger partial charge in [0.2, 0.25) is 0 Å². The molecule has 1 nitrogen and oxygen atoms in total. The molecule has 0 rings (SSSR count). The molecule has 0 aliphatic rings. The molecule has 0 aliphatic carbocycles. The quantitative estimate of drug-likeness (QED) is 0.416. The van der Waals surface area contributed by atoms with E-state index < -0.39 is 0 Å². The van der Waals surface area contributed by atoms with Crippen LogP contribution in [-0.4, -0.2) is 13.1 Å². The summed E-state index contributed by atoms with van der Waals surface area (Å²) < 4.78 is 0. The lowest BCUT2D eigenvalue weighted by molar-refractivity contribution is 0.539. The van der Waals surface area contributed by atoms with Crippen molar-refractivity contribution in [3.05, 3.63) is 6.92 Å². The minimum Gasteiger partial charge on any atom is -0.317 e. The van der Waals surface area contributed by atoms with Gasteiger partial charge in [-0.05, 0) is 26.4 Å². The van der Waals surface area contributed by atoms with Crippen molar-refractivity contribution in [2.45, 2.75) is 84.0 Å². The van der Waals surface area contributed by atoms with Crippen LogP contribution in [0.2, 0.25) is 0 Å². The van der Waals surface area contributed by atoms with E-state index in [0.29, 0.717) is 0 Å². The van der Waals surface area contributed by atoms with E-state index in [9.17, 15) is 0 Å². The summed E-state index contributed by atoms with van der Waals surface area (Å²) in [6.07, 6.45) is 17.1. The summed E-state index contributed by atoms with van der Waals surface area (Å²) in [5.74, 6) is 0. The molecule has 17 heavy (non-hydrogen) atoms. The van der Waals surface area contributed by atoms with E-state index >= 15 is 0 Å². The van der Waals surface area contributed by atoms with Crippen LogP contribution >= 0.6 is 0 Å². The molecule has 1 heteroatoms. The first-order valence-corrected chi connectivity index (χ1v) is 7.91. The topological polar surface area (TPSA) is 12.0 Å². The van der Waals surface area contributed by atoms with Gasteiger partial charge in [-0.3, -0.25) is 0 Å². The van der Waals surface area contributed by atoms with Gasteiger partial charge in [-0.25, -0.2) is 0 Å². The highest BCUT2D eigenvalue weighted by Gasteiger charge is 1.93. The SMILES string of the molecule is [CH2]CNCCCCCCCCCCCCCC. The fourth-order valence-electron chi connectivity index (χ4n) is 2.22. The number of nitrogens with one attached hydrogen (secondary N) is 1. The fraction of sp³-hybridized carbons (Fsp3) is 0.938. The molecule has 0 atom stereocenters. The van der Waals surface area contributed by atoms with Gasteiger partial charge >= 0.3 is 0 Å². The summed E-state index contributed by atoms with van der Waals surface area (Å²) in [5.41, 5.74) is 0. The normalized spacial score (nSPS) is 10.9. The summed E-state index contributed by atoms with van der Waals surface area (Å²) in [7, 11) is 0. The van der Waals surface area contributed by atoms with E-state index in [-0.39, 0.29) is 0 Å². The summed E-state index contributed by atoms with van der Waals surface area (Å²) >= 11 is 0. The molecule has 0 saturated heterocycles. The zero-order chi connectivity index (χ0) is 12.6. The molecular weight excluding hydrogens is 206 g/mol. The monoisotopic (exact) mass is 240 g/mol. The largest absolute Gasteiger partial charge is 0.317 e. The Morgan fingerprint density at radius 1 is 0.647 bits per heavy atom. The zero-order valence-corrected chi connectivity index (χ0v) is 12.1. The standard InChI is InChI=1S/C16H34N/c1-3-5-6-7-8-9-10-11-12-13-14-15-16-17-4-2/h17H,2-16H2,1H3. The Kier molecular flexibility index (Phi) is 15.9. The summed E-state index contributed by atoms with van der Waals surface area (Å²) in [5, 5.41) is 3.27. The molecule has 0 heterocycles. The Balaban J connectivity index is 2.85. The highest BCUT2D eigenvalue weighted by Crippen LogP contribution is 2.11. The highest BCUT2D eigenvalue weighted by molar-refractivity contribution is 4.51.